The van der Waals surface area contributed by atoms with Gasteiger partial charge in [0.15, 0.2) is 0 Å². The Bertz CT molecular complexity index is 442. The van der Waals surface area contributed by atoms with Gasteiger partial charge in [-0.1, -0.05) is 12.1 Å². The van der Waals surface area contributed by atoms with Gasteiger partial charge in [0.1, 0.15) is 24.0 Å². The van der Waals surface area contributed by atoms with E-state index in [2.05, 4.69) is 4.98 Å². The Labute approximate surface area is 92.7 Å². The van der Waals surface area contributed by atoms with Crippen LogP contribution < -0.4 is 10.5 Å². The molecular weight excluding hydrogens is 207 g/mol. The van der Waals surface area contributed by atoms with Crippen LogP contribution in [0.1, 0.15) is 5.69 Å². The molecule has 0 spiro atoms. The molecule has 0 unspecified atom stereocenters. The minimum Gasteiger partial charge on any atom is -0.487 e. The van der Waals surface area contributed by atoms with Crippen molar-refractivity contribution in [2.24, 2.45) is 0 Å². The summed E-state index contributed by atoms with van der Waals surface area (Å²) >= 11 is 0. The van der Waals surface area contributed by atoms with E-state index in [1.165, 1.54) is 12.1 Å². The van der Waals surface area contributed by atoms with Crippen LogP contribution in [0, 0.1) is 5.82 Å². The first-order valence-corrected chi connectivity index (χ1v) is 4.84. The average molecular weight is 218 g/mol. The fourth-order valence-corrected chi connectivity index (χ4v) is 1.29. The molecule has 0 bridgehead atoms. The zero-order chi connectivity index (χ0) is 11.4. The monoisotopic (exact) mass is 218 g/mol. The number of hydrogen-bond donors (Lipinski definition) is 1. The fourth-order valence-electron chi connectivity index (χ4n) is 1.29. The zero-order valence-corrected chi connectivity index (χ0v) is 8.56. The van der Waals surface area contributed by atoms with Crippen LogP contribution >= 0.6 is 0 Å². The number of nitrogen functional groups attached to an aromatic ring is 1. The van der Waals surface area contributed by atoms with Crippen molar-refractivity contribution in [1.82, 2.24) is 4.98 Å². The molecule has 1 heterocycles. The second-order valence-corrected chi connectivity index (χ2v) is 3.30. The van der Waals surface area contributed by atoms with Crippen LogP contribution in [0.2, 0.25) is 0 Å². The summed E-state index contributed by atoms with van der Waals surface area (Å²) in [7, 11) is 0. The number of halogens is 1. The van der Waals surface area contributed by atoms with E-state index in [0.717, 1.165) is 0 Å². The molecule has 0 fully saturated rings. The van der Waals surface area contributed by atoms with Gasteiger partial charge < -0.3 is 10.5 Å². The average Bonchev–Trinajstić information content (AvgIpc) is 2.27. The molecule has 0 atom stereocenters. The molecule has 0 aliphatic heterocycles. The Morgan fingerprint density at radius 1 is 1.19 bits per heavy atom. The first-order valence-electron chi connectivity index (χ1n) is 4.84. The molecule has 0 saturated heterocycles. The van der Waals surface area contributed by atoms with Crippen LogP contribution in [0.4, 0.5) is 10.2 Å². The summed E-state index contributed by atoms with van der Waals surface area (Å²) < 4.78 is 18.2. The number of anilines is 1. The van der Waals surface area contributed by atoms with Gasteiger partial charge in [-0.05, 0) is 24.3 Å². The van der Waals surface area contributed by atoms with Gasteiger partial charge in [0, 0.05) is 6.07 Å². The minimum atomic E-state index is -0.321. The molecule has 2 N–H and O–H groups in total. The van der Waals surface area contributed by atoms with Gasteiger partial charge in [0.25, 0.3) is 0 Å². The predicted octanol–water partition coefficient (Wildman–Crippen LogP) is 2.38. The van der Waals surface area contributed by atoms with E-state index >= 15 is 0 Å². The molecular formula is C12H11FN2O. The van der Waals surface area contributed by atoms with Gasteiger partial charge >= 0.3 is 0 Å². The van der Waals surface area contributed by atoms with Crippen LogP contribution in [0.5, 0.6) is 5.75 Å². The number of pyridine rings is 1. The molecule has 16 heavy (non-hydrogen) atoms. The standard InChI is InChI=1S/C12H11FN2O/c13-9-3-1-5-11(7-9)16-8-10-4-2-6-12(14)15-10/h1-7H,8H2,(H2,14,15). The number of benzene rings is 1. The summed E-state index contributed by atoms with van der Waals surface area (Å²) in [5.74, 6) is 0.600. The molecule has 2 aromatic rings. The topological polar surface area (TPSA) is 48.1 Å². The van der Waals surface area contributed by atoms with Crippen molar-refractivity contribution < 1.29 is 9.13 Å². The maximum atomic E-state index is 12.8. The third kappa shape index (κ3) is 2.70. The maximum Gasteiger partial charge on any atom is 0.130 e. The smallest absolute Gasteiger partial charge is 0.130 e. The SMILES string of the molecule is Nc1cccc(COc2cccc(F)c2)n1. The quantitative estimate of drug-likeness (QED) is 0.860. The number of aromatic nitrogens is 1. The van der Waals surface area contributed by atoms with Gasteiger partial charge in [-0.2, -0.15) is 0 Å². The highest BCUT2D eigenvalue weighted by molar-refractivity contribution is 5.29. The van der Waals surface area contributed by atoms with E-state index in [9.17, 15) is 4.39 Å². The molecule has 0 saturated carbocycles. The predicted molar refractivity (Wildman–Crippen MR) is 59.4 cm³/mol. The van der Waals surface area contributed by atoms with Crippen LogP contribution in [0.3, 0.4) is 0 Å². The molecule has 0 aliphatic carbocycles. The summed E-state index contributed by atoms with van der Waals surface area (Å²) in [5.41, 5.74) is 6.24. The lowest BCUT2D eigenvalue weighted by Crippen LogP contribution is -2.00. The first-order chi connectivity index (χ1) is 7.74. The summed E-state index contributed by atoms with van der Waals surface area (Å²) in [4.78, 5) is 4.07. The van der Waals surface area contributed by atoms with E-state index in [1.807, 2.05) is 0 Å². The fraction of sp³-hybridized carbons (Fsp3) is 0.0833. The largest absolute Gasteiger partial charge is 0.487 e. The van der Waals surface area contributed by atoms with Crippen molar-refractivity contribution in [3.05, 3.63) is 54.0 Å². The van der Waals surface area contributed by atoms with Crippen LogP contribution in [0.15, 0.2) is 42.5 Å². The number of nitrogens with two attached hydrogens (primary N) is 1. The molecule has 3 nitrogen and oxygen atoms in total. The van der Waals surface area contributed by atoms with Crippen LogP contribution in [-0.4, -0.2) is 4.98 Å². The minimum absolute atomic E-state index is 0.272. The van der Waals surface area contributed by atoms with Crippen LogP contribution in [0.25, 0.3) is 0 Å². The highest BCUT2D eigenvalue weighted by Gasteiger charge is 1.98. The molecule has 0 aliphatic rings. The Morgan fingerprint density at radius 3 is 2.75 bits per heavy atom. The molecule has 0 amide bonds. The highest BCUT2D eigenvalue weighted by Crippen LogP contribution is 2.13. The summed E-state index contributed by atoms with van der Waals surface area (Å²) in [5, 5.41) is 0. The van der Waals surface area contributed by atoms with Crippen molar-refractivity contribution in [2.45, 2.75) is 6.61 Å². The summed E-state index contributed by atoms with van der Waals surface area (Å²) in [6.07, 6.45) is 0. The van der Waals surface area contributed by atoms with Gasteiger partial charge in [0.2, 0.25) is 0 Å². The van der Waals surface area contributed by atoms with Crippen molar-refractivity contribution in [1.29, 1.82) is 0 Å². The Hall–Kier alpha value is -2.10. The summed E-state index contributed by atoms with van der Waals surface area (Å²) in [6, 6.07) is 11.3. The second-order valence-electron chi connectivity index (χ2n) is 3.30. The highest BCUT2D eigenvalue weighted by atomic mass is 19.1. The lowest BCUT2D eigenvalue weighted by molar-refractivity contribution is 0.300. The Kier molecular flexibility index (Phi) is 3.00. The van der Waals surface area contributed by atoms with Crippen molar-refractivity contribution >= 4 is 5.82 Å². The molecule has 82 valence electrons. The molecule has 1 aromatic carbocycles. The molecule has 4 heteroatoms. The van der Waals surface area contributed by atoms with Crippen molar-refractivity contribution in [3.8, 4) is 5.75 Å². The molecule has 1 aromatic heterocycles. The second kappa shape index (κ2) is 4.61. The maximum absolute atomic E-state index is 12.8. The normalized spacial score (nSPS) is 10.1. The number of ether oxygens (including phenoxy) is 1. The van der Waals surface area contributed by atoms with E-state index in [4.69, 9.17) is 10.5 Å². The van der Waals surface area contributed by atoms with Gasteiger partial charge in [-0.3, -0.25) is 0 Å². The first kappa shape index (κ1) is 10.4. The van der Waals surface area contributed by atoms with Crippen LogP contribution in [-0.2, 0) is 6.61 Å². The van der Waals surface area contributed by atoms with E-state index in [-0.39, 0.29) is 12.4 Å². The van der Waals surface area contributed by atoms with E-state index < -0.39 is 0 Å². The summed E-state index contributed by atoms with van der Waals surface area (Å²) in [6.45, 7) is 0.272. The number of nitrogens with zero attached hydrogens (tertiary/aromatic N) is 1. The zero-order valence-electron chi connectivity index (χ0n) is 8.56. The van der Waals surface area contributed by atoms with Crippen molar-refractivity contribution in [3.63, 3.8) is 0 Å². The van der Waals surface area contributed by atoms with Gasteiger partial charge in [0.05, 0.1) is 5.69 Å². The lowest BCUT2D eigenvalue weighted by Gasteiger charge is -2.05. The van der Waals surface area contributed by atoms with Gasteiger partial charge in [-0.25, -0.2) is 9.37 Å². The van der Waals surface area contributed by atoms with E-state index in [0.29, 0.717) is 17.3 Å². The van der Waals surface area contributed by atoms with Crippen molar-refractivity contribution in [2.75, 3.05) is 5.73 Å². The number of hydrogen-bond acceptors (Lipinski definition) is 3. The van der Waals surface area contributed by atoms with Gasteiger partial charge in [-0.15, -0.1) is 0 Å². The van der Waals surface area contributed by atoms with E-state index in [1.54, 1.807) is 30.3 Å². The lowest BCUT2D eigenvalue weighted by atomic mass is 10.3. The third-order valence-corrected chi connectivity index (χ3v) is 2.01. The number of rotatable bonds is 3. The third-order valence-electron chi connectivity index (χ3n) is 2.01. The Morgan fingerprint density at radius 2 is 2.00 bits per heavy atom. The molecule has 2 rings (SSSR count). The molecule has 0 radical (unpaired) electrons. The Balaban J connectivity index is 2.02.